The summed E-state index contributed by atoms with van der Waals surface area (Å²) in [5, 5.41) is 9.94. The Morgan fingerprint density at radius 1 is 0.818 bits per heavy atom. The Kier molecular flexibility index (Phi) is 7.98. The fraction of sp³-hybridized carbons (Fsp3) is 0.379. The minimum atomic E-state index is 0.350. The van der Waals surface area contributed by atoms with E-state index in [0.717, 1.165) is 53.8 Å². The van der Waals surface area contributed by atoms with Crippen molar-refractivity contribution in [3.05, 3.63) is 77.0 Å². The highest BCUT2D eigenvalue weighted by molar-refractivity contribution is 5.79. The van der Waals surface area contributed by atoms with Crippen molar-refractivity contribution in [2.75, 3.05) is 5.73 Å². The van der Waals surface area contributed by atoms with Gasteiger partial charge in [0.05, 0.1) is 0 Å². The van der Waals surface area contributed by atoms with Gasteiger partial charge in [0.25, 0.3) is 0 Å². The Bertz CT molecular complexity index is 1080. The Balaban J connectivity index is 1.64. The second kappa shape index (κ2) is 11.5. The first-order chi connectivity index (χ1) is 16.3. The summed E-state index contributed by atoms with van der Waals surface area (Å²) >= 11 is 0. The molecule has 0 spiro atoms. The lowest BCUT2D eigenvalue weighted by Gasteiger charge is -2.19. The SMILES string of the molecule is N#Cc1c(N)nc2c(c1-c1ccc(OCc3ccccc3)cc1)CCCCCCCCCC2. The van der Waals surface area contributed by atoms with Crippen LogP contribution in [0.2, 0.25) is 0 Å². The van der Waals surface area contributed by atoms with Crippen molar-refractivity contribution in [2.45, 2.75) is 70.8 Å². The molecule has 0 aliphatic heterocycles. The first-order valence-corrected chi connectivity index (χ1v) is 12.2. The van der Waals surface area contributed by atoms with E-state index >= 15 is 0 Å². The summed E-state index contributed by atoms with van der Waals surface area (Å²) in [6.07, 6.45) is 11.8. The molecule has 0 amide bonds. The molecule has 2 aromatic carbocycles. The Morgan fingerprint density at radius 3 is 2.12 bits per heavy atom. The minimum Gasteiger partial charge on any atom is -0.489 e. The molecule has 0 atom stereocenters. The number of aryl methyl sites for hydroxylation is 1. The molecular weight excluding hydrogens is 406 g/mol. The van der Waals surface area contributed by atoms with E-state index in [-0.39, 0.29) is 0 Å². The lowest BCUT2D eigenvalue weighted by molar-refractivity contribution is 0.306. The maximum absolute atomic E-state index is 9.94. The summed E-state index contributed by atoms with van der Waals surface area (Å²) in [5.74, 6) is 1.16. The highest BCUT2D eigenvalue weighted by Gasteiger charge is 2.20. The zero-order chi connectivity index (χ0) is 22.9. The molecule has 4 heteroatoms. The van der Waals surface area contributed by atoms with Gasteiger partial charge in [-0.3, -0.25) is 0 Å². The van der Waals surface area contributed by atoms with E-state index in [1.54, 1.807) is 0 Å². The van der Waals surface area contributed by atoms with E-state index in [2.05, 4.69) is 18.2 Å². The number of ether oxygens (including phenoxy) is 1. The number of nitrogens with two attached hydrogens (primary N) is 1. The number of nitrogen functional groups attached to an aromatic ring is 1. The van der Waals surface area contributed by atoms with E-state index in [4.69, 9.17) is 15.5 Å². The first kappa shape index (κ1) is 22.9. The highest BCUT2D eigenvalue weighted by atomic mass is 16.5. The molecule has 0 bridgehead atoms. The van der Waals surface area contributed by atoms with Crippen molar-refractivity contribution in [2.24, 2.45) is 0 Å². The van der Waals surface area contributed by atoms with Gasteiger partial charge in [0.15, 0.2) is 0 Å². The number of pyridine rings is 1. The average Bonchev–Trinajstić information content (AvgIpc) is 2.84. The van der Waals surface area contributed by atoms with Crippen molar-refractivity contribution < 1.29 is 4.74 Å². The monoisotopic (exact) mass is 439 g/mol. The molecule has 33 heavy (non-hydrogen) atoms. The maximum Gasteiger partial charge on any atom is 0.142 e. The van der Waals surface area contributed by atoms with Gasteiger partial charge < -0.3 is 10.5 Å². The summed E-state index contributed by atoms with van der Waals surface area (Å²) < 4.78 is 5.97. The number of aromatic nitrogens is 1. The maximum atomic E-state index is 9.94. The quantitative estimate of drug-likeness (QED) is 0.475. The molecule has 0 unspecified atom stereocenters. The molecule has 170 valence electrons. The van der Waals surface area contributed by atoms with Gasteiger partial charge in [0, 0.05) is 11.3 Å². The number of hydrogen-bond acceptors (Lipinski definition) is 4. The van der Waals surface area contributed by atoms with Gasteiger partial charge in [-0.15, -0.1) is 0 Å². The number of anilines is 1. The van der Waals surface area contributed by atoms with Gasteiger partial charge in [-0.05, 0) is 54.5 Å². The molecule has 1 aliphatic carbocycles. The Hall–Kier alpha value is -3.32. The molecule has 3 aromatic rings. The van der Waals surface area contributed by atoms with Gasteiger partial charge in [-0.2, -0.15) is 5.26 Å². The zero-order valence-electron chi connectivity index (χ0n) is 19.4. The molecule has 0 radical (unpaired) electrons. The van der Waals surface area contributed by atoms with Crippen molar-refractivity contribution in [1.29, 1.82) is 5.26 Å². The minimum absolute atomic E-state index is 0.350. The summed E-state index contributed by atoms with van der Waals surface area (Å²) in [5.41, 5.74) is 12.2. The summed E-state index contributed by atoms with van der Waals surface area (Å²) in [7, 11) is 0. The molecule has 2 N–H and O–H groups in total. The number of benzene rings is 2. The average molecular weight is 440 g/mol. The third-order valence-electron chi connectivity index (χ3n) is 6.51. The number of rotatable bonds is 4. The lowest BCUT2D eigenvalue weighted by atomic mass is 9.89. The number of fused-ring (bicyclic) bond motifs is 1. The number of hydrogen-bond donors (Lipinski definition) is 1. The number of nitrogens with zero attached hydrogens (tertiary/aromatic N) is 2. The van der Waals surface area contributed by atoms with Crippen LogP contribution >= 0.6 is 0 Å². The van der Waals surface area contributed by atoms with Gasteiger partial charge in [0.1, 0.15) is 29.8 Å². The van der Waals surface area contributed by atoms with E-state index in [1.807, 2.05) is 42.5 Å². The smallest absolute Gasteiger partial charge is 0.142 e. The van der Waals surface area contributed by atoms with Crippen LogP contribution in [-0.2, 0) is 19.4 Å². The molecule has 4 rings (SSSR count). The van der Waals surface area contributed by atoms with Crippen LogP contribution < -0.4 is 10.5 Å². The summed E-state index contributed by atoms with van der Waals surface area (Å²) in [6.45, 7) is 0.529. The van der Waals surface area contributed by atoms with Gasteiger partial charge in [-0.1, -0.05) is 81.0 Å². The number of nitriles is 1. The summed E-state index contributed by atoms with van der Waals surface area (Å²) in [4.78, 5) is 4.71. The molecule has 1 heterocycles. The molecular formula is C29H33N3O. The largest absolute Gasteiger partial charge is 0.489 e. The Labute approximate surface area is 197 Å². The molecule has 4 nitrogen and oxygen atoms in total. The first-order valence-electron chi connectivity index (χ1n) is 12.2. The molecule has 0 saturated carbocycles. The van der Waals surface area contributed by atoms with Gasteiger partial charge in [-0.25, -0.2) is 4.98 Å². The molecule has 1 aromatic heterocycles. The third kappa shape index (κ3) is 5.93. The molecule has 1 aliphatic rings. The lowest BCUT2D eigenvalue weighted by Crippen LogP contribution is -2.09. The topological polar surface area (TPSA) is 71.9 Å². The van der Waals surface area contributed by atoms with E-state index in [0.29, 0.717) is 18.0 Å². The second-order valence-corrected chi connectivity index (χ2v) is 8.91. The van der Waals surface area contributed by atoms with Gasteiger partial charge >= 0.3 is 0 Å². The fourth-order valence-corrected chi connectivity index (χ4v) is 4.71. The van der Waals surface area contributed by atoms with Crippen LogP contribution in [0.5, 0.6) is 5.75 Å². The van der Waals surface area contributed by atoms with Crippen LogP contribution in [0.15, 0.2) is 54.6 Å². The highest BCUT2D eigenvalue weighted by Crippen LogP contribution is 2.35. The van der Waals surface area contributed by atoms with E-state index < -0.39 is 0 Å². The van der Waals surface area contributed by atoms with Crippen molar-refractivity contribution in [1.82, 2.24) is 4.98 Å². The van der Waals surface area contributed by atoms with Crippen LogP contribution in [0.4, 0.5) is 5.82 Å². The second-order valence-electron chi connectivity index (χ2n) is 8.91. The fourth-order valence-electron chi connectivity index (χ4n) is 4.71. The van der Waals surface area contributed by atoms with Crippen molar-refractivity contribution >= 4 is 5.82 Å². The Morgan fingerprint density at radius 2 is 1.45 bits per heavy atom. The molecule has 0 fully saturated rings. The standard InChI is InChI=1S/C29H33N3O/c30-20-26-28(23-16-18-24(19-17-23)33-21-22-12-8-7-9-13-22)25-14-10-5-3-1-2-4-6-11-15-27(25)32-29(26)31/h7-9,12-13,16-19H,1-6,10-11,14-15,21H2,(H2,31,32). The van der Waals surface area contributed by atoms with Crippen LogP contribution in [0.3, 0.4) is 0 Å². The molecule has 0 saturated heterocycles. The van der Waals surface area contributed by atoms with E-state index in [9.17, 15) is 5.26 Å². The van der Waals surface area contributed by atoms with E-state index in [1.165, 1.54) is 44.1 Å². The summed E-state index contributed by atoms with van der Waals surface area (Å²) in [6, 6.07) is 20.5. The predicted octanol–water partition coefficient (Wildman–Crippen LogP) is 7.00. The van der Waals surface area contributed by atoms with Crippen LogP contribution in [-0.4, -0.2) is 4.98 Å². The third-order valence-corrected chi connectivity index (χ3v) is 6.51. The normalized spacial score (nSPS) is 14.9. The van der Waals surface area contributed by atoms with Crippen molar-refractivity contribution in [3.8, 4) is 22.9 Å². The van der Waals surface area contributed by atoms with Crippen LogP contribution in [0, 0.1) is 11.3 Å². The van der Waals surface area contributed by atoms with Crippen LogP contribution in [0.25, 0.3) is 11.1 Å². The van der Waals surface area contributed by atoms with Crippen molar-refractivity contribution in [3.63, 3.8) is 0 Å². The zero-order valence-corrected chi connectivity index (χ0v) is 19.4. The predicted molar refractivity (Wildman–Crippen MR) is 134 cm³/mol. The van der Waals surface area contributed by atoms with Gasteiger partial charge in [0.2, 0.25) is 0 Å². The van der Waals surface area contributed by atoms with Crippen LogP contribution in [0.1, 0.15) is 73.8 Å².